The van der Waals surface area contributed by atoms with Crippen LogP contribution < -0.4 is 10.5 Å². The minimum atomic E-state index is 0.281. The van der Waals surface area contributed by atoms with E-state index in [1.807, 2.05) is 30.3 Å². The summed E-state index contributed by atoms with van der Waals surface area (Å²) < 4.78 is 5.54. The van der Waals surface area contributed by atoms with E-state index >= 15 is 0 Å². The molecule has 78 valence electrons. The zero-order chi connectivity index (χ0) is 10.2. The highest BCUT2D eigenvalue weighted by atomic mass is 16.5. The number of ether oxygens (including phenoxy) is 1. The second-order valence-electron chi connectivity index (χ2n) is 3.50. The van der Waals surface area contributed by atoms with Crippen molar-refractivity contribution in [1.82, 2.24) is 0 Å². The van der Waals surface area contributed by atoms with E-state index in [1.165, 1.54) is 0 Å². The Kier molecular flexibility index (Phi) is 5.08. The van der Waals surface area contributed by atoms with E-state index in [0.29, 0.717) is 6.61 Å². The summed E-state index contributed by atoms with van der Waals surface area (Å²) in [5.41, 5.74) is 5.87. The van der Waals surface area contributed by atoms with Gasteiger partial charge in [-0.1, -0.05) is 31.5 Å². The van der Waals surface area contributed by atoms with Crippen LogP contribution >= 0.6 is 0 Å². The third-order valence-corrected chi connectivity index (χ3v) is 2.16. The number of para-hydroxylation sites is 1. The van der Waals surface area contributed by atoms with Crippen LogP contribution in [0.15, 0.2) is 30.3 Å². The number of nitrogens with two attached hydrogens (primary N) is 1. The smallest absolute Gasteiger partial charge is 0.119 e. The van der Waals surface area contributed by atoms with Gasteiger partial charge in [0.1, 0.15) is 5.75 Å². The summed E-state index contributed by atoms with van der Waals surface area (Å²) in [6.07, 6.45) is 3.16. The van der Waals surface area contributed by atoms with Gasteiger partial charge in [0.2, 0.25) is 0 Å². The van der Waals surface area contributed by atoms with E-state index in [0.717, 1.165) is 25.0 Å². The molecular formula is C12H19NO. The molecule has 0 radical (unpaired) electrons. The third kappa shape index (κ3) is 4.28. The molecule has 0 bridgehead atoms. The molecule has 0 spiro atoms. The summed E-state index contributed by atoms with van der Waals surface area (Å²) in [5.74, 6) is 0.927. The first kappa shape index (κ1) is 11.1. The fraction of sp³-hybridized carbons (Fsp3) is 0.500. The zero-order valence-electron chi connectivity index (χ0n) is 8.78. The number of rotatable bonds is 6. The van der Waals surface area contributed by atoms with Gasteiger partial charge in [0.05, 0.1) is 6.61 Å². The number of hydrogen-bond acceptors (Lipinski definition) is 2. The first-order chi connectivity index (χ1) is 6.83. The van der Waals surface area contributed by atoms with E-state index in [1.54, 1.807) is 0 Å². The lowest BCUT2D eigenvalue weighted by Crippen LogP contribution is -2.22. The molecule has 0 aromatic heterocycles. The molecule has 1 rings (SSSR count). The topological polar surface area (TPSA) is 35.2 Å². The summed E-state index contributed by atoms with van der Waals surface area (Å²) >= 11 is 0. The molecule has 0 saturated heterocycles. The molecule has 14 heavy (non-hydrogen) atoms. The van der Waals surface area contributed by atoms with Crippen molar-refractivity contribution in [2.45, 2.75) is 32.2 Å². The Morgan fingerprint density at radius 3 is 2.57 bits per heavy atom. The molecule has 0 heterocycles. The van der Waals surface area contributed by atoms with Crippen LogP contribution in [0.4, 0.5) is 0 Å². The zero-order valence-corrected chi connectivity index (χ0v) is 8.78. The van der Waals surface area contributed by atoms with Crippen LogP contribution in [0.25, 0.3) is 0 Å². The van der Waals surface area contributed by atoms with E-state index in [4.69, 9.17) is 10.5 Å². The van der Waals surface area contributed by atoms with Gasteiger partial charge in [-0.15, -0.1) is 0 Å². The van der Waals surface area contributed by atoms with E-state index in [2.05, 4.69) is 6.92 Å². The fourth-order valence-electron chi connectivity index (χ4n) is 1.36. The fourth-order valence-corrected chi connectivity index (χ4v) is 1.36. The van der Waals surface area contributed by atoms with Crippen molar-refractivity contribution >= 4 is 0 Å². The Labute approximate surface area is 86.1 Å². The molecule has 0 fully saturated rings. The van der Waals surface area contributed by atoms with Crippen molar-refractivity contribution in [3.8, 4) is 5.75 Å². The second-order valence-corrected chi connectivity index (χ2v) is 3.50. The van der Waals surface area contributed by atoms with Gasteiger partial charge in [-0.25, -0.2) is 0 Å². The minimum absolute atomic E-state index is 0.281. The maximum absolute atomic E-state index is 5.87. The van der Waals surface area contributed by atoms with Crippen molar-refractivity contribution in [2.24, 2.45) is 5.73 Å². The predicted molar refractivity (Wildman–Crippen MR) is 59.4 cm³/mol. The third-order valence-electron chi connectivity index (χ3n) is 2.16. The molecule has 0 unspecified atom stereocenters. The van der Waals surface area contributed by atoms with Gasteiger partial charge in [-0.3, -0.25) is 0 Å². The van der Waals surface area contributed by atoms with Crippen LogP contribution in [0, 0.1) is 0 Å². The largest absolute Gasteiger partial charge is 0.494 e. The molecule has 1 atom stereocenters. The Morgan fingerprint density at radius 1 is 1.21 bits per heavy atom. The van der Waals surface area contributed by atoms with Gasteiger partial charge in [0.15, 0.2) is 0 Å². The highest BCUT2D eigenvalue weighted by Gasteiger charge is 2.00. The Bertz CT molecular complexity index is 235. The maximum atomic E-state index is 5.87. The van der Waals surface area contributed by atoms with E-state index < -0.39 is 0 Å². The average molecular weight is 193 g/mol. The number of benzene rings is 1. The van der Waals surface area contributed by atoms with Crippen LogP contribution in [0.1, 0.15) is 26.2 Å². The molecule has 1 aromatic carbocycles. The highest BCUT2D eigenvalue weighted by Crippen LogP contribution is 2.09. The summed E-state index contributed by atoms with van der Waals surface area (Å²) in [6, 6.07) is 10.1. The summed E-state index contributed by atoms with van der Waals surface area (Å²) in [5, 5.41) is 0. The van der Waals surface area contributed by atoms with Crippen LogP contribution in [-0.2, 0) is 0 Å². The molecule has 0 aliphatic carbocycles. The highest BCUT2D eigenvalue weighted by molar-refractivity contribution is 5.20. The Hall–Kier alpha value is -1.02. The van der Waals surface area contributed by atoms with Crippen molar-refractivity contribution in [2.75, 3.05) is 6.61 Å². The molecule has 0 saturated carbocycles. The van der Waals surface area contributed by atoms with Crippen molar-refractivity contribution in [3.05, 3.63) is 30.3 Å². The summed E-state index contributed by atoms with van der Waals surface area (Å²) in [4.78, 5) is 0. The van der Waals surface area contributed by atoms with Gasteiger partial charge in [-0.2, -0.15) is 0 Å². The van der Waals surface area contributed by atoms with Crippen LogP contribution in [0.2, 0.25) is 0 Å². The van der Waals surface area contributed by atoms with Gasteiger partial charge < -0.3 is 10.5 Å². The lowest BCUT2D eigenvalue weighted by Gasteiger charge is -2.10. The van der Waals surface area contributed by atoms with Crippen molar-refractivity contribution in [1.29, 1.82) is 0 Å². The van der Waals surface area contributed by atoms with Crippen molar-refractivity contribution in [3.63, 3.8) is 0 Å². The van der Waals surface area contributed by atoms with Crippen LogP contribution in [0.5, 0.6) is 5.75 Å². The SMILES string of the molecule is CCC[C@H](N)CCOc1ccccc1. The molecular weight excluding hydrogens is 174 g/mol. The molecule has 2 nitrogen and oxygen atoms in total. The van der Waals surface area contributed by atoms with Gasteiger partial charge in [-0.05, 0) is 25.0 Å². The molecule has 2 heteroatoms. The van der Waals surface area contributed by atoms with Crippen LogP contribution in [-0.4, -0.2) is 12.6 Å². The summed E-state index contributed by atoms with van der Waals surface area (Å²) in [7, 11) is 0. The molecule has 2 N–H and O–H groups in total. The lowest BCUT2D eigenvalue weighted by molar-refractivity contribution is 0.294. The van der Waals surface area contributed by atoms with Crippen molar-refractivity contribution < 1.29 is 4.74 Å². The Balaban J connectivity index is 2.16. The first-order valence-electron chi connectivity index (χ1n) is 5.26. The average Bonchev–Trinajstić information content (AvgIpc) is 2.20. The quantitative estimate of drug-likeness (QED) is 0.753. The first-order valence-corrected chi connectivity index (χ1v) is 5.26. The maximum Gasteiger partial charge on any atom is 0.119 e. The van der Waals surface area contributed by atoms with Gasteiger partial charge >= 0.3 is 0 Å². The van der Waals surface area contributed by atoms with E-state index in [-0.39, 0.29) is 6.04 Å². The summed E-state index contributed by atoms with van der Waals surface area (Å²) in [6.45, 7) is 2.86. The molecule has 0 aliphatic rings. The normalized spacial score (nSPS) is 12.4. The Morgan fingerprint density at radius 2 is 1.93 bits per heavy atom. The molecule has 1 aromatic rings. The van der Waals surface area contributed by atoms with E-state index in [9.17, 15) is 0 Å². The lowest BCUT2D eigenvalue weighted by atomic mass is 10.1. The molecule has 0 aliphatic heterocycles. The monoisotopic (exact) mass is 193 g/mol. The van der Waals surface area contributed by atoms with Gasteiger partial charge in [0.25, 0.3) is 0 Å². The minimum Gasteiger partial charge on any atom is -0.494 e. The van der Waals surface area contributed by atoms with Gasteiger partial charge in [0, 0.05) is 6.04 Å². The molecule has 0 amide bonds. The second kappa shape index (κ2) is 6.44. The predicted octanol–water partition coefficient (Wildman–Crippen LogP) is 2.58. The van der Waals surface area contributed by atoms with Crippen LogP contribution in [0.3, 0.4) is 0 Å². The number of hydrogen-bond donors (Lipinski definition) is 1. The standard InChI is InChI=1S/C12H19NO/c1-2-6-11(13)9-10-14-12-7-4-3-5-8-12/h3-5,7-8,11H,2,6,9-10,13H2,1H3/t11-/m0/s1.